The number of furan rings is 1. The van der Waals surface area contributed by atoms with Gasteiger partial charge in [-0.25, -0.2) is 5.06 Å². The molecule has 0 bridgehead atoms. The Bertz CT molecular complexity index is 735. The van der Waals surface area contributed by atoms with Crippen LogP contribution in [0.4, 0.5) is 0 Å². The molecule has 1 spiro atoms. The number of carbonyl (C=O) groups excluding carboxylic acids is 2. The first-order valence-electron chi connectivity index (χ1n) is 10.3. The first-order chi connectivity index (χ1) is 13.9. The third kappa shape index (κ3) is 4.41. The quantitative estimate of drug-likeness (QED) is 0.490. The van der Waals surface area contributed by atoms with E-state index in [1.165, 1.54) is 12.2 Å². The van der Waals surface area contributed by atoms with Gasteiger partial charge in [-0.2, -0.15) is 0 Å². The Morgan fingerprint density at radius 2 is 2.14 bits per heavy atom. The highest BCUT2D eigenvalue weighted by Crippen LogP contribution is 2.44. The molecule has 2 atom stereocenters. The smallest absolute Gasteiger partial charge is 0.311 e. The number of esters is 1. The molecule has 3 rings (SSSR count). The first-order valence-corrected chi connectivity index (χ1v) is 10.3. The largest absolute Gasteiger partial charge is 0.469 e. The fourth-order valence-electron chi connectivity index (χ4n) is 4.56. The molecule has 0 N–H and O–H groups in total. The second-order valence-corrected chi connectivity index (χ2v) is 8.14. The van der Waals surface area contributed by atoms with E-state index in [-0.39, 0.29) is 24.9 Å². The van der Waals surface area contributed by atoms with Crippen LogP contribution in [-0.2, 0) is 19.2 Å². The standard InChI is InChI=1S/C22H32N2O5/c1-5-14-28-24-20(25)15-18(21(26)27-4)22(24)9-12-23(13-10-22)11-8-16(2)19-7-6-17(3)29-19/h5-7,16,18H,1,8-15H2,2-4H3/t16-,18-/m1/s1. The average molecular weight is 405 g/mol. The Labute approximate surface area is 172 Å². The van der Waals surface area contributed by atoms with E-state index in [1.54, 1.807) is 6.08 Å². The number of hydroxylamine groups is 2. The molecule has 29 heavy (non-hydrogen) atoms. The number of methoxy groups -OCH3 is 1. The molecule has 0 aliphatic carbocycles. The molecule has 3 heterocycles. The minimum Gasteiger partial charge on any atom is -0.469 e. The average Bonchev–Trinajstić information content (AvgIpc) is 3.27. The molecule has 1 amide bonds. The predicted molar refractivity (Wildman–Crippen MR) is 108 cm³/mol. The van der Waals surface area contributed by atoms with E-state index in [9.17, 15) is 9.59 Å². The maximum absolute atomic E-state index is 12.6. The van der Waals surface area contributed by atoms with Gasteiger partial charge in [0.25, 0.3) is 0 Å². The van der Waals surface area contributed by atoms with E-state index in [1.807, 2.05) is 19.1 Å². The van der Waals surface area contributed by atoms with Gasteiger partial charge >= 0.3 is 5.97 Å². The fraction of sp³-hybridized carbons (Fsp3) is 0.636. The zero-order valence-electron chi connectivity index (χ0n) is 17.7. The number of nitrogens with zero attached hydrogens (tertiary/aromatic N) is 2. The number of aryl methyl sites for hydroxylation is 1. The van der Waals surface area contributed by atoms with E-state index >= 15 is 0 Å². The lowest BCUT2D eigenvalue weighted by Gasteiger charge is -2.45. The molecule has 0 unspecified atom stereocenters. The van der Waals surface area contributed by atoms with E-state index in [0.29, 0.717) is 18.8 Å². The highest BCUT2D eigenvalue weighted by molar-refractivity contribution is 5.88. The minimum atomic E-state index is -0.632. The number of amides is 1. The number of hydrogen-bond donors (Lipinski definition) is 0. The van der Waals surface area contributed by atoms with Gasteiger partial charge in [0.2, 0.25) is 5.91 Å². The van der Waals surface area contributed by atoms with Gasteiger partial charge in [0.15, 0.2) is 0 Å². The Morgan fingerprint density at radius 3 is 2.72 bits per heavy atom. The zero-order valence-corrected chi connectivity index (χ0v) is 17.7. The van der Waals surface area contributed by atoms with Crippen LogP contribution in [-0.4, -0.2) is 60.7 Å². The van der Waals surface area contributed by atoms with E-state index < -0.39 is 11.5 Å². The van der Waals surface area contributed by atoms with Crippen LogP contribution in [0.2, 0.25) is 0 Å². The van der Waals surface area contributed by atoms with E-state index in [0.717, 1.165) is 37.6 Å². The number of rotatable bonds is 8. The van der Waals surface area contributed by atoms with Crippen LogP contribution >= 0.6 is 0 Å². The third-order valence-corrected chi connectivity index (χ3v) is 6.31. The van der Waals surface area contributed by atoms with Crippen molar-refractivity contribution in [1.82, 2.24) is 9.96 Å². The van der Waals surface area contributed by atoms with Gasteiger partial charge in [-0.05, 0) is 44.9 Å². The van der Waals surface area contributed by atoms with Crippen LogP contribution in [0.1, 0.15) is 50.0 Å². The number of piperidine rings is 1. The van der Waals surface area contributed by atoms with Crippen molar-refractivity contribution >= 4 is 11.9 Å². The third-order valence-electron chi connectivity index (χ3n) is 6.31. The minimum absolute atomic E-state index is 0.138. The molecule has 0 saturated carbocycles. The molecule has 7 heteroatoms. The SMILES string of the molecule is C=CCON1C(=O)C[C@H](C(=O)OC)C12CCN(CC[C@@H](C)c1ccc(C)o1)CC2. The first kappa shape index (κ1) is 21.6. The van der Waals surface area contributed by atoms with Crippen LogP contribution in [0.25, 0.3) is 0 Å². The van der Waals surface area contributed by atoms with Crippen molar-refractivity contribution in [3.63, 3.8) is 0 Å². The van der Waals surface area contributed by atoms with Gasteiger partial charge in [0.1, 0.15) is 11.5 Å². The summed E-state index contributed by atoms with van der Waals surface area (Å²) in [6, 6.07) is 4.05. The van der Waals surface area contributed by atoms with Crippen LogP contribution in [0.15, 0.2) is 29.2 Å². The molecular weight excluding hydrogens is 372 g/mol. The summed E-state index contributed by atoms with van der Waals surface area (Å²) in [6.45, 7) is 10.6. The van der Waals surface area contributed by atoms with Crippen LogP contribution in [0.3, 0.4) is 0 Å². The molecule has 0 radical (unpaired) electrons. The molecule has 1 aromatic heterocycles. The molecule has 2 fully saturated rings. The van der Waals surface area contributed by atoms with Gasteiger partial charge in [0.05, 0.1) is 25.2 Å². The summed E-state index contributed by atoms with van der Waals surface area (Å²) in [4.78, 5) is 33.1. The number of carbonyl (C=O) groups is 2. The predicted octanol–water partition coefficient (Wildman–Crippen LogP) is 3.06. The molecule has 7 nitrogen and oxygen atoms in total. The fourth-order valence-corrected chi connectivity index (χ4v) is 4.56. The van der Waals surface area contributed by atoms with Crippen LogP contribution in [0.5, 0.6) is 0 Å². The normalized spacial score (nSPS) is 22.8. The Balaban J connectivity index is 1.63. The second kappa shape index (κ2) is 9.13. The van der Waals surface area contributed by atoms with E-state index in [4.69, 9.17) is 14.0 Å². The summed E-state index contributed by atoms with van der Waals surface area (Å²) in [5.74, 6) is 1.33. The molecule has 0 aromatic carbocycles. The van der Waals surface area contributed by atoms with Gasteiger partial charge in [0, 0.05) is 25.4 Å². The molecule has 2 aliphatic heterocycles. The summed E-state index contributed by atoms with van der Waals surface area (Å²) in [6.07, 6.45) is 4.11. The Hall–Kier alpha value is -2.12. The molecular formula is C22H32N2O5. The lowest BCUT2D eigenvalue weighted by atomic mass is 9.77. The van der Waals surface area contributed by atoms with Gasteiger partial charge in [-0.3, -0.25) is 14.4 Å². The van der Waals surface area contributed by atoms with Crippen molar-refractivity contribution in [3.8, 4) is 0 Å². The molecule has 2 saturated heterocycles. The van der Waals surface area contributed by atoms with Crippen LogP contribution in [0, 0.1) is 12.8 Å². The highest BCUT2D eigenvalue weighted by Gasteiger charge is 2.58. The van der Waals surface area contributed by atoms with Gasteiger partial charge in [-0.1, -0.05) is 13.0 Å². The molecule has 2 aliphatic rings. The summed E-state index contributed by atoms with van der Waals surface area (Å²) in [7, 11) is 1.38. The van der Waals surface area contributed by atoms with Gasteiger partial charge in [-0.15, -0.1) is 6.58 Å². The summed E-state index contributed by atoms with van der Waals surface area (Å²) in [5, 5.41) is 1.45. The maximum Gasteiger partial charge on any atom is 0.311 e. The van der Waals surface area contributed by atoms with Gasteiger partial charge < -0.3 is 14.1 Å². The van der Waals surface area contributed by atoms with Crippen molar-refractivity contribution in [1.29, 1.82) is 0 Å². The topological polar surface area (TPSA) is 72.2 Å². The Morgan fingerprint density at radius 1 is 1.41 bits per heavy atom. The number of hydrogen-bond acceptors (Lipinski definition) is 6. The van der Waals surface area contributed by atoms with Crippen molar-refractivity contribution < 1.29 is 23.6 Å². The highest BCUT2D eigenvalue weighted by atomic mass is 16.7. The second-order valence-electron chi connectivity index (χ2n) is 8.14. The summed E-state index contributed by atoms with van der Waals surface area (Å²) < 4.78 is 10.7. The molecule has 160 valence electrons. The number of likely N-dealkylation sites (tertiary alicyclic amines) is 1. The van der Waals surface area contributed by atoms with Crippen molar-refractivity contribution in [2.24, 2.45) is 5.92 Å². The summed E-state index contributed by atoms with van der Waals surface area (Å²) >= 11 is 0. The van der Waals surface area contributed by atoms with Crippen molar-refractivity contribution in [2.45, 2.75) is 51.0 Å². The Kier molecular flexibility index (Phi) is 6.80. The maximum atomic E-state index is 12.6. The van der Waals surface area contributed by atoms with Crippen molar-refractivity contribution in [2.75, 3.05) is 33.4 Å². The lowest BCUT2D eigenvalue weighted by Crippen LogP contribution is -2.57. The summed E-state index contributed by atoms with van der Waals surface area (Å²) in [5.41, 5.74) is -0.632. The molecule has 1 aromatic rings. The monoisotopic (exact) mass is 404 g/mol. The zero-order chi connectivity index (χ0) is 21.0. The van der Waals surface area contributed by atoms with Crippen LogP contribution < -0.4 is 0 Å². The lowest BCUT2D eigenvalue weighted by molar-refractivity contribution is -0.218. The van der Waals surface area contributed by atoms with E-state index in [2.05, 4.69) is 18.4 Å². The number of ether oxygens (including phenoxy) is 1. The van der Waals surface area contributed by atoms with Crippen molar-refractivity contribution in [3.05, 3.63) is 36.3 Å².